The number of carboxylic acid groups (broad SMARTS) is 1. The summed E-state index contributed by atoms with van der Waals surface area (Å²) in [6.45, 7) is 0.277. The first-order valence-corrected chi connectivity index (χ1v) is 13.6. The molecule has 4 rings (SSSR count). The van der Waals surface area contributed by atoms with E-state index in [-0.39, 0.29) is 23.2 Å². The Morgan fingerprint density at radius 3 is 2.59 bits per heavy atom. The molecule has 1 saturated heterocycles. The Labute approximate surface area is 233 Å². The van der Waals surface area contributed by atoms with E-state index in [0.717, 1.165) is 0 Å². The van der Waals surface area contributed by atoms with Crippen LogP contribution in [0.5, 0.6) is 5.75 Å². The number of carboxylic acids is 1. The van der Waals surface area contributed by atoms with Crippen LogP contribution in [0.25, 0.3) is 5.52 Å². The van der Waals surface area contributed by atoms with Gasteiger partial charge in [0.1, 0.15) is 54.6 Å². The van der Waals surface area contributed by atoms with Gasteiger partial charge in [-0.25, -0.2) is 14.1 Å². The van der Waals surface area contributed by atoms with E-state index in [1.807, 2.05) is 0 Å². The number of anilines is 1. The highest BCUT2D eigenvalue weighted by molar-refractivity contribution is 7.52. The zero-order valence-electron chi connectivity index (χ0n) is 22.1. The van der Waals surface area contributed by atoms with E-state index in [2.05, 4.69) is 15.2 Å². The topological polar surface area (TPSA) is 235 Å². The average molecular weight is 590 g/mol. The predicted molar refractivity (Wildman–Crippen MR) is 140 cm³/mol. The van der Waals surface area contributed by atoms with Crippen molar-refractivity contribution < 1.29 is 43.3 Å². The zero-order valence-corrected chi connectivity index (χ0v) is 23.0. The molecule has 6 atom stereocenters. The molecule has 16 nitrogen and oxygen atoms in total. The first kappa shape index (κ1) is 29.9. The number of nitrogens with one attached hydrogen (secondary N) is 1. The number of nitriles is 1. The van der Waals surface area contributed by atoms with Gasteiger partial charge in [0.25, 0.3) is 5.91 Å². The molecule has 1 aliphatic heterocycles. The van der Waals surface area contributed by atoms with Gasteiger partial charge in [0.15, 0.2) is 5.82 Å². The molecule has 218 valence electrons. The minimum absolute atomic E-state index is 0.0533. The summed E-state index contributed by atoms with van der Waals surface area (Å²) in [5, 5.41) is 47.4. The van der Waals surface area contributed by atoms with Gasteiger partial charge in [-0.15, -0.1) is 0 Å². The number of carbonyl (C=O) groups is 2. The molecule has 1 aromatic carbocycles. The van der Waals surface area contributed by atoms with Crippen LogP contribution in [0.15, 0.2) is 42.7 Å². The van der Waals surface area contributed by atoms with Crippen LogP contribution >= 0.6 is 7.75 Å². The summed E-state index contributed by atoms with van der Waals surface area (Å²) in [5.74, 6) is -1.59. The summed E-state index contributed by atoms with van der Waals surface area (Å²) < 4.78 is 31.8. The third-order valence-electron chi connectivity index (χ3n) is 6.34. The minimum atomic E-state index is -4.58. The Morgan fingerprint density at radius 2 is 1.98 bits per heavy atom. The molecule has 1 fully saturated rings. The number of amides is 1. The SMILES string of the molecule is CC(NP(=O)(OC[C@@]1(C#N)O[C@@H](c2ccc3c(N)ncnn23)[C@H](O)[C@@H]1O)Oc1ccc(C(=O)N(C)C)cc1)C(=O)O. The highest BCUT2D eigenvalue weighted by Crippen LogP contribution is 2.48. The van der Waals surface area contributed by atoms with Gasteiger partial charge in [0.05, 0.1) is 5.69 Å². The molecule has 3 heterocycles. The van der Waals surface area contributed by atoms with Crippen molar-refractivity contribution in [1.29, 1.82) is 5.26 Å². The second-order valence-electron chi connectivity index (χ2n) is 9.45. The van der Waals surface area contributed by atoms with Crippen molar-refractivity contribution in [1.82, 2.24) is 24.6 Å². The van der Waals surface area contributed by atoms with Crippen LogP contribution in [0.1, 0.15) is 29.1 Å². The first-order chi connectivity index (χ1) is 19.3. The number of benzene rings is 1. The number of nitrogens with two attached hydrogens (primary N) is 1. The molecule has 2 aromatic heterocycles. The number of carbonyl (C=O) groups excluding carboxylic acids is 1. The average Bonchev–Trinajstić information content (AvgIpc) is 3.47. The summed E-state index contributed by atoms with van der Waals surface area (Å²) in [5.41, 5.74) is 4.53. The Kier molecular flexibility index (Phi) is 8.31. The quantitative estimate of drug-likeness (QED) is 0.201. The Hall–Kier alpha value is -4.10. The molecule has 0 bridgehead atoms. The monoisotopic (exact) mass is 589 g/mol. The number of aliphatic hydroxyl groups excluding tert-OH is 2. The third-order valence-corrected chi connectivity index (χ3v) is 7.97. The number of aromatic nitrogens is 3. The number of nitrogens with zero attached hydrogens (tertiary/aromatic N) is 5. The number of ether oxygens (including phenoxy) is 1. The van der Waals surface area contributed by atoms with Gasteiger partial charge in [-0.3, -0.25) is 14.1 Å². The number of hydrogen-bond acceptors (Lipinski definition) is 12. The van der Waals surface area contributed by atoms with Crippen molar-refractivity contribution in [2.45, 2.75) is 36.9 Å². The molecule has 0 radical (unpaired) electrons. The lowest BCUT2D eigenvalue weighted by Gasteiger charge is -2.28. The van der Waals surface area contributed by atoms with E-state index >= 15 is 0 Å². The Balaban J connectivity index is 1.59. The van der Waals surface area contributed by atoms with E-state index in [1.165, 1.54) is 53.0 Å². The summed E-state index contributed by atoms with van der Waals surface area (Å²) in [6, 6.07) is 8.87. The fourth-order valence-corrected chi connectivity index (χ4v) is 5.62. The van der Waals surface area contributed by atoms with Crippen molar-refractivity contribution in [2.24, 2.45) is 0 Å². The van der Waals surface area contributed by atoms with Crippen LogP contribution in [0.3, 0.4) is 0 Å². The van der Waals surface area contributed by atoms with Gasteiger partial charge in [0.2, 0.25) is 5.60 Å². The number of rotatable bonds is 10. The van der Waals surface area contributed by atoms with Crippen LogP contribution in [-0.4, -0.2) is 91.2 Å². The fourth-order valence-electron chi connectivity index (χ4n) is 4.09. The number of aliphatic hydroxyl groups is 2. The summed E-state index contributed by atoms with van der Waals surface area (Å²) in [6.07, 6.45) is -3.63. The summed E-state index contributed by atoms with van der Waals surface area (Å²) >= 11 is 0. The third kappa shape index (κ3) is 5.86. The molecule has 0 saturated carbocycles. The van der Waals surface area contributed by atoms with Gasteiger partial charge in [-0.1, -0.05) is 0 Å². The van der Waals surface area contributed by atoms with Crippen molar-refractivity contribution in [3.63, 3.8) is 0 Å². The molecule has 0 aliphatic carbocycles. The van der Waals surface area contributed by atoms with E-state index in [0.29, 0.717) is 11.1 Å². The highest BCUT2D eigenvalue weighted by atomic mass is 31.2. The van der Waals surface area contributed by atoms with Gasteiger partial charge >= 0.3 is 13.7 Å². The standard InChI is InChI=1S/C24H28N7O9P/c1-13(23(35)36)29-41(37,40-15-6-4-14(5-7-15)22(34)30(2)3)38-11-24(10-25)20(33)18(32)19(39-24)16-8-9-17-21(26)27-12-28-31(16)17/h4-9,12-13,18-20,32-33H,11H2,1-3H3,(H,29,37)(H,35,36)(H2,26,27,28)/t13?,18-,19-,20-,24+,41?/m0/s1. The smallest absolute Gasteiger partial charge is 0.459 e. The van der Waals surface area contributed by atoms with Gasteiger partial charge in [-0.2, -0.15) is 15.4 Å². The number of fused-ring (bicyclic) bond motifs is 1. The molecular weight excluding hydrogens is 561 g/mol. The second kappa shape index (κ2) is 11.4. The number of aliphatic carboxylic acids is 1. The number of hydrogen-bond donors (Lipinski definition) is 5. The normalized spacial score (nSPS) is 24.3. The molecule has 41 heavy (non-hydrogen) atoms. The van der Waals surface area contributed by atoms with Gasteiger partial charge in [-0.05, 0) is 43.3 Å². The molecule has 3 aromatic rings. The van der Waals surface area contributed by atoms with Gasteiger partial charge in [0, 0.05) is 19.7 Å². The maximum Gasteiger partial charge on any atom is 0.459 e. The molecule has 1 aliphatic rings. The van der Waals surface area contributed by atoms with Crippen molar-refractivity contribution in [2.75, 3.05) is 26.4 Å². The maximum absolute atomic E-state index is 13.7. The van der Waals surface area contributed by atoms with Crippen LogP contribution in [0.2, 0.25) is 0 Å². The molecule has 17 heteroatoms. The van der Waals surface area contributed by atoms with Crippen LogP contribution in [0.4, 0.5) is 5.82 Å². The van der Waals surface area contributed by atoms with E-state index in [4.69, 9.17) is 19.5 Å². The molecule has 0 spiro atoms. The largest absolute Gasteiger partial charge is 0.480 e. The minimum Gasteiger partial charge on any atom is -0.480 e. The maximum atomic E-state index is 13.7. The Bertz CT molecular complexity index is 1540. The van der Waals surface area contributed by atoms with E-state index in [9.17, 15) is 34.7 Å². The van der Waals surface area contributed by atoms with Crippen LogP contribution in [0, 0.1) is 11.3 Å². The highest BCUT2D eigenvalue weighted by Gasteiger charge is 2.57. The van der Waals surface area contributed by atoms with Crippen molar-refractivity contribution >= 4 is 31.0 Å². The molecular formula is C24H28N7O9P. The first-order valence-electron chi connectivity index (χ1n) is 12.1. The van der Waals surface area contributed by atoms with Crippen LogP contribution in [-0.2, 0) is 18.6 Å². The zero-order chi connectivity index (χ0) is 30.1. The molecule has 6 N–H and O–H groups in total. The second-order valence-corrected chi connectivity index (χ2v) is 11.1. The van der Waals surface area contributed by atoms with Crippen molar-refractivity contribution in [3.05, 3.63) is 54.0 Å². The van der Waals surface area contributed by atoms with Crippen LogP contribution < -0.4 is 15.3 Å². The summed E-state index contributed by atoms with van der Waals surface area (Å²) in [7, 11) is -1.44. The number of nitrogen functional groups attached to an aromatic ring is 1. The van der Waals surface area contributed by atoms with Crippen molar-refractivity contribution in [3.8, 4) is 11.8 Å². The lowest BCUT2D eigenvalue weighted by atomic mass is 9.96. The predicted octanol–water partition coefficient (Wildman–Crippen LogP) is 0.335. The summed E-state index contributed by atoms with van der Waals surface area (Å²) in [4.78, 5) is 28.9. The molecule has 2 unspecified atom stereocenters. The van der Waals surface area contributed by atoms with Gasteiger partial charge < -0.3 is 35.2 Å². The molecule has 1 amide bonds. The van der Waals surface area contributed by atoms with E-state index in [1.54, 1.807) is 26.2 Å². The Morgan fingerprint density at radius 1 is 1.29 bits per heavy atom. The van der Waals surface area contributed by atoms with E-state index < -0.39 is 50.3 Å². The lowest BCUT2D eigenvalue weighted by molar-refractivity contribution is -0.138. The fraction of sp³-hybridized carbons (Fsp3) is 0.375. The lowest BCUT2D eigenvalue weighted by Crippen LogP contribution is -2.46.